The fourth-order valence-corrected chi connectivity index (χ4v) is 2.68. The summed E-state index contributed by atoms with van der Waals surface area (Å²) in [6.07, 6.45) is 9.43. The second kappa shape index (κ2) is 6.90. The molecule has 2 rings (SSSR count). The van der Waals surface area contributed by atoms with Crippen molar-refractivity contribution in [1.29, 1.82) is 0 Å². The summed E-state index contributed by atoms with van der Waals surface area (Å²) in [6.45, 7) is 6.95. The highest BCUT2D eigenvalue weighted by molar-refractivity contribution is 4.96. The molecule has 1 aromatic rings. The van der Waals surface area contributed by atoms with Crippen molar-refractivity contribution in [1.82, 2.24) is 19.8 Å². The van der Waals surface area contributed by atoms with Crippen molar-refractivity contribution in [3.63, 3.8) is 0 Å². The summed E-state index contributed by atoms with van der Waals surface area (Å²) < 4.78 is 2.09. The lowest BCUT2D eigenvalue weighted by molar-refractivity contribution is 0.279. The molecule has 1 saturated heterocycles. The van der Waals surface area contributed by atoms with Gasteiger partial charge in [-0.2, -0.15) is 0 Å². The van der Waals surface area contributed by atoms with Crippen LogP contribution < -0.4 is 5.32 Å². The van der Waals surface area contributed by atoms with Crippen LogP contribution in [0, 0.1) is 0 Å². The first-order valence-corrected chi connectivity index (χ1v) is 7.20. The van der Waals surface area contributed by atoms with Crippen LogP contribution in [0.1, 0.15) is 44.5 Å². The van der Waals surface area contributed by atoms with Crippen LogP contribution in [-0.4, -0.2) is 40.6 Å². The third-order valence-electron chi connectivity index (χ3n) is 3.82. The van der Waals surface area contributed by atoms with Crippen LogP contribution in [0.2, 0.25) is 0 Å². The summed E-state index contributed by atoms with van der Waals surface area (Å²) in [5.74, 6) is 1.12. The van der Waals surface area contributed by atoms with E-state index in [4.69, 9.17) is 0 Å². The molecule has 0 saturated carbocycles. The Balaban J connectivity index is 1.70. The molecule has 1 unspecified atom stereocenters. The summed E-state index contributed by atoms with van der Waals surface area (Å²) in [7, 11) is 2.05. The molecule has 1 aromatic heterocycles. The Morgan fingerprint density at radius 2 is 2.00 bits per heavy atom. The normalized spacial score (nSPS) is 19.7. The van der Waals surface area contributed by atoms with E-state index in [1.165, 1.54) is 38.8 Å². The number of hydrogen-bond donors (Lipinski definition) is 1. The largest absolute Gasteiger partial charge is 0.337 e. The van der Waals surface area contributed by atoms with Crippen molar-refractivity contribution in [2.75, 3.05) is 26.2 Å². The van der Waals surface area contributed by atoms with Crippen molar-refractivity contribution in [2.24, 2.45) is 7.05 Å². The van der Waals surface area contributed by atoms with Crippen molar-refractivity contribution in [2.45, 2.75) is 38.6 Å². The monoisotopic (exact) mass is 250 g/mol. The van der Waals surface area contributed by atoms with Crippen LogP contribution in [0.25, 0.3) is 0 Å². The molecular weight excluding hydrogens is 224 g/mol. The highest BCUT2D eigenvalue weighted by Crippen LogP contribution is 2.10. The molecule has 2 heterocycles. The predicted octanol–water partition coefficient (Wildman–Crippen LogP) is 1.95. The van der Waals surface area contributed by atoms with E-state index in [0.717, 1.165) is 18.9 Å². The number of imidazole rings is 1. The molecule has 0 amide bonds. The summed E-state index contributed by atoms with van der Waals surface area (Å²) in [4.78, 5) is 6.97. The molecule has 0 aromatic carbocycles. The van der Waals surface area contributed by atoms with Gasteiger partial charge in [0.2, 0.25) is 0 Å². The van der Waals surface area contributed by atoms with Crippen LogP contribution in [0.4, 0.5) is 0 Å². The number of nitrogens with one attached hydrogen (secondary N) is 1. The fraction of sp³-hybridized carbons (Fsp3) is 0.786. The standard InChI is InChI=1S/C14H26N4/c1-13(14-16-7-11-17(14)2)15-8-12-18-9-5-3-4-6-10-18/h7,11,13,15H,3-6,8-10,12H2,1-2H3. The molecule has 1 aliphatic rings. The SMILES string of the molecule is CC(NCCN1CCCCCC1)c1nccn1C. The molecule has 0 aliphatic carbocycles. The summed E-state index contributed by atoms with van der Waals surface area (Å²) in [6, 6.07) is 0.331. The Morgan fingerprint density at radius 3 is 2.61 bits per heavy atom. The zero-order valence-corrected chi connectivity index (χ0v) is 11.7. The fourth-order valence-electron chi connectivity index (χ4n) is 2.68. The molecule has 4 heteroatoms. The molecule has 4 nitrogen and oxygen atoms in total. The molecule has 0 bridgehead atoms. The van der Waals surface area contributed by atoms with Crippen molar-refractivity contribution in [3.05, 3.63) is 18.2 Å². The average molecular weight is 250 g/mol. The molecule has 1 atom stereocenters. The van der Waals surface area contributed by atoms with Gasteiger partial charge in [0.05, 0.1) is 6.04 Å². The van der Waals surface area contributed by atoms with Crippen molar-refractivity contribution < 1.29 is 0 Å². The number of nitrogens with zero attached hydrogens (tertiary/aromatic N) is 3. The number of rotatable bonds is 5. The van der Waals surface area contributed by atoms with Gasteiger partial charge < -0.3 is 14.8 Å². The van der Waals surface area contributed by atoms with Gasteiger partial charge in [-0.15, -0.1) is 0 Å². The van der Waals surface area contributed by atoms with Crippen LogP contribution >= 0.6 is 0 Å². The molecule has 1 aliphatic heterocycles. The number of aryl methyl sites for hydroxylation is 1. The molecule has 0 radical (unpaired) electrons. The van der Waals surface area contributed by atoms with Crippen molar-refractivity contribution >= 4 is 0 Å². The van der Waals surface area contributed by atoms with E-state index in [-0.39, 0.29) is 0 Å². The predicted molar refractivity (Wildman–Crippen MR) is 74.5 cm³/mol. The molecular formula is C14H26N4. The second-order valence-electron chi connectivity index (χ2n) is 5.33. The van der Waals surface area contributed by atoms with Gasteiger partial charge in [-0.25, -0.2) is 4.98 Å². The van der Waals surface area contributed by atoms with Gasteiger partial charge in [-0.1, -0.05) is 12.8 Å². The van der Waals surface area contributed by atoms with Gasteiger partial charge in [-0.05, 0) is 32.9 Å². The summed E-state index contributed by atoms with van der Waals surface area (Å²) in [5.41, 5.74) is 0. The topological polar surface area (TPSA) is 33.1 Å². The molecule has 102 valence electrons. The van der Waals surface area contributed by atoms with Crippen molar-refractivity contribution in [3.8, 4) is 0 Å². The third-order valence-corrected chi connectivity index (χ3v) is 3.82. The van der Waals surface area contributed by atoms with Crippen LogP contribution in [0.15, 0.2) is 12.4 Å². The highest BCUT2D eigenvalue weighted by atomic mass is 15.1. The van der Waals surface area contributed by atoms with Crippen LogP contribution in [-0.2, 0) is 7.05 Å². The molecule has 1 fully saturated rings. The zero-order valence-electron chi connectivity index (χ0n) is 11.7. The van der Waals surface area contributed by atoms with E-state index < -0.39 is 0 Å². The van der Waals surface area contributed by atoms with E-state index in [2.05, 4.69) is 33.7 Å². The minimum Gasteiger partial charge on any atom is -0.337 e. The highest BCUT2D eigenvalue weighted by Gasteiger charge is 2.11. The Kier molecular flexibility index (Phi) is 5.20. The lowest BCUT2D eigenvalue weighted by Crippen LogP contribution is -2.34. The first-order chi connectivity index (χ1) is 8.77. The Hall–Kier alpha value is -0.870. The lowest BCUT2D eigenvalue weighted by Gasteiger charge is -2.21. The maximum absolute atomic E-state index is 4.38. The van der Waals surface area contributed by atoms with E-state index in [9.17, 15) is 0 Å². The van der Waals surface area contributed by atoms with Crippen LogP contribution in [0.3, 0.4) is 0 Å². The number of likely N-dealkylation sites (tertiary alicyclic amines) is 1. The summed E-state index contributed by atoms with van der Waals surface area (Å²) >= 11 is 0. The maximum atomic E-state index is 4.38. The Bertz CT molecular complexity index is 339. The van der Waals surface area contributed by atoms with Gasteiger partial charge in [0.25, 0.3) is 0 Å². The third kappa shape index (κ3) is 3.82. The van der Waals surface area contributed by atoms with Gasteiger partial charge >= 0.3 is 0 Å². The second-order valence-corrected chi connectivity index (χ2v) is 5.33. The number of hydrogen-bond acceptors (Lipinski definition) is 3. The first-order valence-electron chi connectivity index (χ1n) is 7.20. The minimum atomic E-state index is 0.331. The van der Waals surface area contributed by atoms with Gasteiger partial charge in [0, 0.05) is 32.5 Å². The zero-order chi connectivity index (χ0) is 12.8. The Labute approximate surface area is 110 Å². The van der Waals surface area contributed by atoms with Gasteiger partial charge in [0.15, 0.2) is 0 Å². The smallest absolute Gasteiger partial charge is 0.125 e. The quantitative estimate of drug-likeness (QED) is 0.867. The molecule has 18 heavy (non-hydrogen) atoms. The maximum Gasteiger partial charge on any atom is 0.125 e. The van der Waals surface area contributed by atoms with E-state index in [1.807, 2.05) is 12.4 Å². The van der Waals surface area contributed by atoms with Crippen LogP contribution in [0.5, 0.6) is 0 Å². The van der Waals surface area contributed by atoms with E-state index >= 15 is 0 Å². The molecule has 1 N–H and O–H groups in total. The lowest BCUT2D eigenvalue weighted by atomic mass is 10.2. The van der Waals surface area contributed by atoms with E-state index in [0.29, 0.717) is 6.04 Å². The Morgan fingerprint density at radius 1 is 1.28 bits per heavy atom. The molecule has 0 spiro atoms. The van der Waals surface area contributed by atoms with E-state index in [1.54, 1.807) is 0 Å². The van der Waals surface area contributed by atoms with Gasteiger partial charge in [-0.3, -0.25) is 0 Å². The summed E-state index contributed by atoms with van der Waals surface area (Å²) in [5, 5.41) is 3.57. The minimum absolute atomic E-state index is 0.331. The van der Waals surface area contributed by atoms with Gasteiger partial charge in [0.1, 0.15) is 5.82 Å². The average Bonchev–Trinajstić information content (AvgIpc) is 2.63. The number of aromatic nitrogens is 2. The first kappa shape index (κ1) is 13.6.